The fraction of sp³-hybridized carbons (Fsp3) is 0.0870. The summed E-state index contributed by atoms with van der Waals surface area (Å²) in [7, 11) is 1.49. The minimum absolute atomic E-state index is 0.00564. The zero-order valence-electron chi connectivity index (χ0n) is 17.0. The minimum Gasteiger partial charge on any atom is -0.507 e. The third kappa shape index (κ3) is 3.83. The van der Waals surface area contributed by atoms with Gasteiger partial charge in [-0.2, -0.15) is 5.10 Å². The molecule has 3 N–H and O–H groups in total. The largest absolute Gasteiger partial charge is 0.507 e. The summed E-state index contributed by atoms with van der Waals surface area (Å²) in [6.07, 6.45) is 2.93. The van der Waals surface area contributed by atoms with Crippen LogP contribution in [0.5, 0.6) is 17.2 Å². The van der Waals surface area contributed by atoms with Gasteiger partial charge in [0, 0.05) is 24.9 Å². The van der Waals surface area contributed by atoms with E-state index in [0.29, 0.717) is 11.4 Å². The Morgan fingerprint density at radius 3 is 2.53 bits per heavy atom. The van der Waals surface area contributed by atoms with Crippen molar-refractivity contribution in [1.29, 1.82) is 0 Å². The van der Waals surface area contributed by atoms with E-state index < -0.39 is 17.5 Å². The fourth-order valence-corrected chi connectivity index (χ4v) is 3.33. The van der Waals surface area contributed by atoms with Gasteiger partial charge in [-0.1, -0.05) is 12.1 Å². The normalized spacial score (nSPS) is 10.8. The van der Waals surface area contributed by atoms with Crippen LogP contribution in [0.3, 0.4) is 0 Å². The highest BCUT2D eigenvalue weighted by Gasteiger charge is 2.22. The molecule has 0 bridgehead atoms. The zero-order valence-corrected chi connectivity index (χ0v) is 17.0. The number of phenols is 2. The highest BCUT2D eigenvalue weighted by Crippen LogP contribution is 2.36. The van der Waals surface area contributed by atoms with Crippen LogP contribution >= 0.6 is 0 Å². The second-order valence-electron chi connectivity index (χ2n) is 7.10. The highest BCUT2D eigenvalue weighted by molar-refractivity contribution is 5.98. The number of halogens is 1. The summed E-state index contributed by atoms with van der Waals surface area (Å²) in [5.74, 6) is -1.86. The number of hydrogen-bond donors (Lipinski definition) is 3. The summed E-state index contributed by atoms with van der Waals surface area (Å²) >= 11 is 0. The minimum atomic E-state index is -0.564. The standard InChI is InChI=1S/C23H19FN4O4/c1-27(13-17-20(29)7-4-9-25-17)23(32)15-11-14(21(30)12-22(15)31)18-8-10-26-28(18)19-6-3-2-5-16(19)24/h2-12,29-31H,13H2,1H3. The molecule has 0 fully saturated rings. The van der Waals surface area contributed by atoms with Crippen LogP contribution in [0, 0.1) is 5.82 Å². The van der Waals surface area contributed by atoms with Crippen LogP contribution in [0.4, 0.5) is 4.39 Å². The van der Waals surface area contributed by atoms with Gasteiger partial charge in [0.2, 0.25) is 0 Å². The molecule has 0 saturated heterocycles. The van der Waals surface area contributed by atoms with Crippen LogP contribution in [-0.2, 0) is 6.54 Å². The predicted octanol–water partition coefficient (Wildman–Crippen LogP) is 3.46. The van der Waals surface area contributed by atoms with Crippen LogP contribution in [0.15, 0.2) is 67.0 Å². The summed E-state index contributed by atoms with van der Waals surface area (Å²) in [6, 6.07) is 13.0. The van der Waals surface area contributed by atoms with Crippen LogP contribution in [0.1, 0.15) is 16.1 Å². The first-order valence-corrected chi connectivity index (χ1v) is 9.60. The van der Waals surface area contributed by atoms with Gasteiger partial charge >= 0.3 is 0 Å². The fourth-order valence-electron chi connectivity index (χ4n) is 3.33. The third-order valence-electron chi connectivity index (χ3n) is 4.94. The van der Waals surface area contributed by atoms with Crippen molar-refractivity contribution in [1.82, 2.24) is 19.7 Å². The summed E-state index contributed by atoms with van der Waals surface area (Å²) in [5.41, 5.74) is 0.875. The molecule has 0 saturated carbocycles. The molecule has 1 amide bonds. The lowest BCUT2D eigenvalue weighted by Crippen LogP contribution is -2.26. The summed E-state index contributed by atoms with van der Waals surface area (Å²) in [5, 5.41) is 34.8. The molecule has 0 radical (unpaired) electrons. The molecule has 0 unspecified atom stereocenters. The molecule has 162 valence electrons. The molecule has 0 spiro atoms. The average molecular weight is 434 g/mol. The third-order valence-corrected chi connectivity index (χ3v) is 4.94. The Balaban J connectivity index is 1.72. The van der Waals surface area contributed by atoms with E-state index in [2.05, 4.69) is 10.1 Å². The maximum atomic E-state index is 14.3. The molecule has 0 aliphatic carbocycles. The van der Waals surface area contributed by atoms with Crippen LogP contribution in [0.2, 0.25) is 0 Å². The molecule has 0 atom stereocenters. The molecule has 2 heterocycles. The molecule has 4 rings (SSSR count). The van der Waals surface area contributed by atoms with E-state index in [4.69, 9.17) is 0 Å². The first-order chi connectivity index (χ1) is 15.4. The van der Waals surface area contributed by atoms with Gasteiger partial charge in [-0.3, -0.25) is 9.78 Å². The molecular formula is C23H19FN4O4. The topological polar surface area (TPSA) is 112 Å². The van der Waals surface area contributed by atoms with E-state index in [1.807, 2.05) is 0 Å². The number of carbonyl (C=O) groups excluding carboxylic acids is 1. The van der Waals surface area contributed by atoms with Crippen molar-refractivity contribution in [3.63, 3.8) is 0 Å². The van der Waals surface area contributed by atoms with Crippen LogP contribution in [-0.4, -0.2) is 47.9 Å². The smallest absolute Gasteiger partial charge is 0.257 e. The lowest BCUT2D eigenvalue weighted by Gasteiger charge is -2.19. The second kappa shape index (κ2) is 8.38. The number of benzene rings is 2. The second-order valence-corrected chi connectivity index (χ2v) is 7.10. The summed E-state index contributed by atoms with van der Waals surface area (Å²) < 4.78 is 15.6. The molecule has 9 heteroatoms. The number of para-hydroxylation sites is 1. The summed E-state index contributed by atoms with van der Waals surface area (Å²) in [6.45, 7) is -0.00564. The van der Waals surface area contributed by atoms with Crippen molar-refractivity contribution < 1.29 is 24.5 Å². The van der Waals surface area contributed by atoms with E-state index >= 15 is 0 Å². The van der Waals surface area contributed by atoms with Gasteiger partial charge in [-0.25, -0.2) is 9.07 Å². The quantitative estimate of drug-likeness (QED) is 0.444. The Morgan fingerprint density at radius 1 is 1.00 bits per heavy atom. The predicted molar refractivity (Wildman–Crippen MR) is 114 cm³/mol. The SMILES string of the molecule is CN(Cc1ncccc1O)C(=O)c1cc(-c2ccnn2-c2ccccc2F)c(O)cc1O. The lowest BCUT2D eigenvalue weighted by molar-refractivity contribution is 0.0779. The zero-order chi connectivity index (χ0) is 22.8. The van der Waals surface area contributed by atoms with Crippen molar-refractivity contribution in [3.8, 4) is 34.2 Å². The van der Waals surface area contributed by atoms with Crippen molar-refractivity contribution in [2.45, 2.75) is 6.54 Å². The molecular weight excluding hydrogens is 415 g/mol. The van der Waals surface area contributed by atoms with E-state index in [1.54, 1.807) is 24.3 Å². The van der Waals surface area contributed by atoms with Gasteiger partial charge in [-0.05, 0) is 36.4 Å². The lowest BCUT2D eigenvalue weighted by atomic mass is 10.0. The summed E-state index contributed by atoms with van der Waals surface area (Å²) in [4.78, 5) is 18.3. The number of phenolic OH excluding ortho intramolecular Hbond substituents is 2. The van der Waals surface area contributed by atoms with E-state index in [-0.39, 0.29) is 34.9 Å². The molecule has 2 aromatic carbocycles. The van der Waals surface area contributed by atoms with Crippen LogP contribution in [0.25, 0.3) is 16.9 Å². The number of amides is 1. The van der Waals surface area contributed by atoms with Gasteiger partial charge in [-0.15, -0.1) is 0 Å². The Bertz CT molecular complexity index is 1300. The molecule has 0 aliphatic rings. The molecule has 8 nitrogen and oxygen atoms in total. The first-order valence-electron chi connectivity index (χ1n) is 9.60. The van der Waals surface area contributed by atoms with Crippen molar-refractivity contribution in [3.05, 3.63) is 84.1 Å². The number of pyridine rings is 1. The van der Waals surface area contributed by atoms with E-state index in [0.717, 1.165) is 6.07 Å². The number of hydrogen-bond acceptors (Lipinski definition) is 6. The van der Waals surface area contributed by atoms with E-state index in [9.17, 15) is 24.5 Å². The van der Waals surface area contributed by atoms with Gasteiger partial charge < -0.3 is 20.2 Å². The van der Waals surface area contributed by atoms with Crippen molar-refractivity contribution >= 4 is 5.91 Å². The first kappa shape index (κ1) is 20.9. The molecule has 2 aromatic heterocycles. The Morgan fingerprint density at radius 2 is 1.78 bits per heavy atom. The Hall–Kier alpha value is -4.40. The molecule has 4 aromatic rings. The number of carbonyl (C=O) groups is 1. The number of nitrogens with zero attached hydrogens (tertiary/aromatic N) is 4. The molecule has 0 aliphatic heterocycles. The Kier molecular flexibility index (Phi) is 5.46. The maximum absolute atomic E-state index is 14.3. The number of aromatic nitrogens is 3. The van der Waals surface area contributed by atoms with Crippen LogP contribution < -0.4 is 0 Å². The van der Waals surface area contributed by atoms with Crippen molar-refractivity contribution in [2.24, 2.45) is 0 Å². The van der Waals surface area contributed by atoms with Gasteiger partial charge in [0.25, 0.3) is 5.91 Å². The Labute approximate surface area is 182 Å². The highest BCUT2D eigenvalue weighted by atomic mass is 19.1. The van der Waals surface area contributed by atoms with Gasteiger partial charge in [0.15, 0.2) is 0 Å². The van der Waals surface area contributed by atoms with Crippen molar-refractivity contribution in [2.75, 3.05) is 7.05 Å². The molecule has 32 heavy (non-hydrogen) atoms. The van der Waals surface area contributed by atoms with Gasteiger partial charge in [0.05, 0.1) is 24.0 Å². The number of aromatic hydroxyl groups is 3. The number of rotatable bonds is 5. The van der Waals surface area contributed by atoms with E-state index in [1.165, 1.54) is 53.3 Å². The monoisotopic (exact) mass is 434 g/mol. The average Bonchev–Trinajstić information content (AvgIpc) is 3.24. The van der Waals surface area contributed by atoms with Gasteiger partial charge in [0.1, 0.15) is 34.4 Å². The maximum Gasteiger partial charge on any atom is 0.257 e.